The monoisotopic (exact) mass is 252 g/mol. The molecule has 0 heterocycles. The number of benzene rings is 1. The van der Waals surface area contributed by atoms with Crippen molar-refractivity contribution >= 4 is 11.4 Å². The molecule has 0 aliphatic heterocycles. The van der Waals surface area contributed by atoms with Crippen LogP contribution in [0.2, 0.25) is 0 Å². The third kappa shape index (κ3) is 2.75. The molecule has 0 saturated heterocycles. The Labute approximate surface area is 107 Å². The highest BCUT2D eigenvalue weighted by Gasteiger charge is 2.23. The summed E-state index contributed by atoms with van der Waals surface area (Å²) in [6, 6.07) is 5.25. The Balaban J connectivity index is 2.25. The van der Waals surface area contributed by atoms with E-state index in [1.165, 1.54) is 25.3 Å². The van der Waals surface area contributed by atoms with Crippen molar-refractivity contribution in [1.29, 1.82) is 0 Å². The third-order valence-electron chi connectivity index (χ3n) is 3.70. The van der Waals surface area contributed by atoms with Gasteiger partial charge in [-0.15, -0.1) is 0 Å². The second-order valence-electron chi connectivity index (χ2n) is 4.88. The van der Waals surface area contributed by atoms with Crippen LogP contribution in [0.4, 0.5) is 15.8 Å². The molecule has 2 rings (SSSR count). The topological polar surface area (TPSA) is 49.5 Å². The van der Waals surface area contributed by atoms with Crippen LogP contribution in [0.15, 0.2) is 18.2 Å². The molecular weight excluding hydrogens is 231 g/mol. The largest absolute Gasteiger partial charge is 0.395 e. The number of anilines is 2. The quantitative estimate of drug-likeness (QED) is 0.810. The van der Waals surface area contributed by atoms with Crippen molar-refractivity contribution in [2.75, 3.05) is 23.8 Å². The molecule has 0 aromatic heterocycles. The Kier molecular flexibility index (Phi) is 4.42. The zero-order valence-electron chi connectivity index (χ0n) is 10.6. The Hall–Kier alpha value is -1.29. The first-order valence-corrected chi connectivity index (χ1v) is 6.65. The molecule has 0 unspecified atom stereocenters. The van der Waals surface area contributed by atoms with E-state index in [2.05, 4.69) is 4.90 Å². The minimum Gasteiger partial charge on any atom is -0.395 e. The molecule has 1 saturated carbocycles. The van der Waals surface area contributed by atoms with Crippen LogP contribution in [0.3, 0.4) is 0 Å². The number of hydrogen-bond acceptors (Lipinski definition) is 3. The number of halogens is 1. The second kappa shape index (κ2) is 6.05. The van der Waals surface area contributed by atoms with Crippen molar-refractivity contribution < 1.29 is 9.50 Å². The zero-order valence-corrected chi connectivity index (χ0v) is 10.6. The summed E-state index contributed by atoms with van der Waals surface area (Å²) in [5.74, 6) is -0.383. The Morgan fingerprint density at radius 3 is 2.67 bits per heavy atom. The molecule has 4 heteroatoms. The number of aliphatic hydroxyl groups excluding tert-OH is 1. The van der Waals surface area contributed by atoms with Crippen molar-refractivity contribution in [2.24, 2.45) is 0 Å². The fraction of sp³-hybridized carbons (Fsp3) is 0.571. The fourth-order valence-corrected chi connectivity index (χ4v) is 2.78. The van der Waals surface area contributed by atoms with E-state index in [-0.39, 0.29) is 18.1 Å². The maximum atomic E-state index is 13.5. The van der Waals surface area contributed by atoms with Gasteiger partial charge in [0, 0.05) is 12.6 Å². The van der Waals surface area contributed by atoms with Crippen LogP contribution < -0.4 is 10.6 Å². The maximum absolute atomic E-state index is 13.5. The lowest BCUT2D eigenvalue weighted by Gasteiger charge is -2.36. The van der Waals surface area contributed by atoms with Gasteiger partial charge in [-0.05, 0) is 25.0 Å². The molecule has 3 nitrogen and oxygen atoms in total. The van der Waals surface area contributed by atoms with Crippen LogP contribution in [0, 0.1) is 5.82 Å². The van der Waals surface area contributed by atoms with Gasteiger partial charge >= 0.3 is 0 Å². The van der Waals surface area contributed by atoms with Crippen molar-refractivity contribution in [3.05, 3.63) is 24.0 Å². The maximum Gasteiger partial charge on any atom is 0.148 e. The van der Waals surface area contributed by atoms with Crippen molar-refractivity contribution in [2.45, 2.75) is 38.1 Å². The van der Waals surface area contributed by atoms with Gasteiger partial charge in [0.2, 0.25) is 0 Å². The van der Waals surface area contributed by atoms with Gasteiger partial charge in [-0.1, -0.05) is 25.3 Å². The van der Waals surface area contributed by atoms with E-state index in [9.17, 15) is 9.50 Å². The van der Waals surface area contributed by atoms with Crippen molar-refractivity contribution in [1.82, 2.24) is 0 Å². The van der Waals surface area contributed by atoms with Gasteiger partial charge in [0.25, 0.3) is 0 Å². The molecule has 1 aliphatic rings. The fourth-order valence-electron chi connectivity index (χ4n) is 2.78. The highest BCUT2D eigenvalue weighted by atomic mass is 19.1. The molecule has 3 N–H and O–H groups in total. The first kappa shape index (κ1) is 13.1. The number of hydrogen-bond donors (Lipinski definition) is 2. The van der Waals surface area contributed by atoms with Crippen LogP contribution >= 0.6 is 0 Å². The average Bonchev–Trinajstić information content (AvgIpc) is 2.41. The first-order chi connectivity index (χ1) is 8.74. The molecule has 1 fully saturated rings. The van der Waals surface area contributed by atoms with Crippen LogP contribution in [0.25, 0.3) is 0 Å². The Bertz CT molecular complexity index is 391. The summed E-state index contributed by atoms with van der Waals surface area (Å²) >= 11 is 0. The molecule has 1 aliphatic carbocycles. The van der Waals surface area contributed by atoms with Crippen LogP contribution in [-0.2, 0) is 0 Å². The standard InChI is InChI=1S/C14H21FN2O/c15-12-7-4-8-13(14(12)16)17(9-10-18)11-5-2-1-3-6-11/h4,7-8,11,18H,1-3,5-6,9-10,16H2. The number of nitrogen functional groups attached to an aromatic ring is 1. The summed E-state index contributed by atoms with van der Waals surface area (Å²) in [6.07, 6.45) is 5.84. The number of nitrogens with two attached hydrogens (primary N) is 1. The van der Waals surface area contributed by atoms with Gasteiger partial charge in [-0.3, -0.25) is 0 Å². The number of rotatable bonds is 4. The Morgan fingerprint density at radius 1 is 1.28 bits per heavy atom. The van der Waals surface area contributed by atoms with E-state index >= 15 is 0 Å². The molecule has 0 amide bonds. The highest BCUT2D eigenvalue weighted by Crippen LogP contribution is 2.31. The predicted octanol–water partition coefficient (Wildman–Crippen LogP) is 2.54. The highest BCUT2D eigenvalue weighted by molar-refractivity contribution is 5.68. The van der Waals surface area contributed by atoms with Gasteiger partial charge < -0.3 is 15.7 Å². The average molecular weight is 252 g/mol. The van der Waals surface area contributed by atoms with Crippen molar-refractivity contribution in [3.8, 4) is 0 Å². The molecule has 0 radical (unpaired) electrons. The lowest BCUT2D eigenvalue weighted by Crippen LogP contribution is -2.39. The minimum absolute atomic E-state index is 0.0620. The number of para-hydroxylation sites is 1. The lowest BCUT2D eigenvalue weighted by atomic mass is 9.93. The van der Waals surface area contributed by atoms with E-state index in [4.69, 9.17) is 5.73 Å². The minimum atomic E-state index is -0.383. The van der Waals surface area contributed by atoms with Gasteiger partial charge in [-0.25, -0.2) is 4.39 Å². The molecule has 1 aromatic rings. The SMILES string of the molecule is Nc1c(F)cccc1N(CCO)C1CCCCC1. The van der Waals surface area contributed by atoms with E-state index in [0.717, 1.165) is 18.5 Å². The summed E-state index contributed by atoms with van der Waals surface area (Å²) in [5.41, 5.74) is 6.73. The molecule has 1 aromatic carbocycles. The van der Waals surface area contributed by atoms with Gasteiger partial charge in [-0.2, -0.15) is 0 Å². The van der Waals surface area contributed by atoms with Gasteiger partial charge in [0.05, 0.1) is 18.0 Å². The second-order valence-corrected chi connectivity index (χ2v) is 4.88. The first-order valence-electron chi connectivity index (χ1n) is 6.65. The summed E-state index contributed by atoms with van der Waals surface area (Å²) in [7, 11) is 0. The summed E-state index contributed by atoms with van der Waals surface area (Å²) in [5, 5.41) is 9.21. The van der Waals surface area contributed by atoms with Crippen LogP contribution in [0.1, 0.15) is 32.1 Å². The van der Waals surface area contributed by atoms with E-state index in [1.807, 2.05) is 6.07 Å². The van der Waals surface area contributed by atoms with Gasteiger partial charge in [0.1, 0.15) is 5.82 Å². The molecule has 100 valence electrons. The zero-order chi connectivity index (χ0) is 13.0. The Morgan fingerprint density at radius 2 is 2.00 bits per heavy atom. The summed E-state index contributed by atoms with van der Waals surface area (Å²) in [4.78, 5) is 2.07. The van der Waals surface area contributed by atoms with E-state index in [0.29, 0.717) is 12.6 Å². The predicted molar refractivity (Wildman–Crippen MR) is 72.1 cm³/mol. The molecule has 18 heavy (non-hydrogen) atoms. The number of aliphatic hydroxyl groups is 1. The molecule has 0 atom stereocenters. The summed E-state index contributed by atoms with van der Waals surface area (Å²) < 4.78 is 13.5. The van der Waals surface area contributed by atoms with Crippen LogP contribution in [-0.4, -0.2) is 24.3 Å². The normalized spacial score (nSPS) is 16.8. The van der Waals surface area contributed by atoms with Crippen molar-refractivity contribution in [3.63, 3.8) is 0 Å². The van der Waals surface area contributed by atoms with Gasteiger partial charge in [0.15, 0.2) is 0 Å². The smallest absolute Gasteiger partial charge is 0.148 e. The molecular formula is C14H21FN2O. The number of nitrogens with zero attached hydrogens (tertiary/aromatic N) is 1. The lowest BCUT2D eigenvalue weighted by molar-refractivity contribution is 0.290. The summed E-state index contributed by atoms with van der Waals surface area (Å²) in [6.45, 7) is 0.574. The van der Waals surface area contributed by atoms with Crippen LogP contribution in [0.5, 0.6) is 0 Å². The van der Waals surface area contributed by atoms with E-state index in [1.54, 1.807) is 6.07 Å². The molecule has 0 bridgehead atoms. The third-order valence-corrected chi connectivity index (χ3v) is 3.70. The molecule has 0 spiro atoms. The van der Waals surface area contributed by atoms with E-state index < -0.39 is 0 Å².